The molecule has 0 bridgehead atoms. The fourth-order valence-corrected chi connectivity index (χ4v) is 5.08. The number of hydrogen-bond donors (Lipinski definition) is 1. The van der Waals surface area contributed by atoms with Crippen molar-refractivity contribution in [2.24, 2.45) is 5.92 Å². The topological polar surface area (TPSA) is 80.9 Å². The summed E-state index contributed by atoms with van der Waals surface area (Å²) in [6.45, 7) is 1.12. The summed E-state index contributed by atoms with van der Waals surface area (Å²) in [7, 11) is 1.52. The Bertz CT molecular complexity index is 820. The molecule has 130 valence electrons. The van der Waals surface area contributed by atoms with Crippen molar-refractivity contribution in [3.63, 3.8) is 0 Å². The van der Waals surface area contributed by atoms with Crippen LogP contribution in [0.5, 0.6) is 11.5 Å². The Kier molecular flexibility index (Phi) is 2.95. The zero-order valence-corrected chi connectivity index (χ0v) is 13.9. The van der Waals surface area contributed by atoms with E-state index in [1.807, 2.05) is 6.07 Å². The number of nitrogens with zero attached hydrogens (tertiary/aromatic N) is 1. The average Bonchev–Trinajstić information content (AvgIpc) is 3.26. The summed E-state index contributed by atoms with van der Waals surface area (Å²) in [6.07, 6.45) is 3.47. The molecule has 1 N–H and O–H groups in total. The van der Waals surface area contributed by atoms with Gasteiger partial charge < -0.3 is 24.1 Å². The quantitative estimate of drug-likeness (QED) is 0.843. The largest absolute Gasteiger partial charge is 0.504 e. The Morgan fingerprint density at radius 1 is 1.28 bits per heavy atom. The van der Waals surface area contributed by atoms with E-state index in [9.17, 15) is 10.4 Å². The van der Waals surface area contributed by atoms with Crippen molar-refractivity contribution in [2.45, 2.75) is 36.6 Å². The third-order valence-corrected chi connectivity index (χ3v) is 6.16. The van der Waals surface area contributed by atoms with Gasteiger partial charge in [0.25, 0.3) is 0 Å². The number of phenolic OH excluding ortho intramolecular Hbond substituents is 1. The van der Waals surface area contributed by atoms with Gasteiger partial charge in [-0.3, -0.25) is 0 Å². The SMILES string of the molecule is COc1cc2c(cc1O)CC1OC=C3C1C2(C#N)CCC31OCCO1. The van der Waals surface area contributed by atoms with E-state index in [1.54, 1.807) is 12.3 Å². The van der Waals surface area contributed by atoms with Gasteiger partial charge in [-0.15, -0.1) is 0 Å². The van der Waals surface area contributed by atoms with Crippen LogP contribution in [-0.4, -0.2) is 37.3 Å². The fourth-order valence-electron chi connectivity index (χ4n) is 5.08. The van der Waals surface area contributed by atoms with Crippen LogP contribution in [0.1, 0.15) is 24.0 Å². The second-order valence-electron chi connectivity index (χ2n) is 7.14. The van der Waals surface area contributed by atoms with E-state index in [-0.39, 0.29) is 17.8 Å². The first kappa shape index (κ1) is 15.1. The third kappa shape index (κ3) is 1.75. The van der Waals surface area contributed by atoms with Gasteiger partial charge in [-0.05, 0) is 29.7 Å². The number of phenols is 1. The average molecular weight is 341 g/mol. The summed E-state index contributed by atoms with van der Waals surface area (Å²) >= 11 is 0. The smallest absolute Gasteiger partial charge is 0.194 e. The lowest BCUT2D eigenvalue weighted by atomic mass is 9.54. The Balaban J connectivity index is 1.69. The van der Waals surface area contributed by atoms with Gasteiger partial charge in [0.1, 0.15) is 6.10 Å². The molecule has 1 aromatic rings. The summed E-state index contributed by atoms with van der Waals surface area (Å²) in [6, 6.07) is 6.10. The summed E-state index contributed by atoms with van der Waals surface area (Å²) in [5.74, 6) is -0.358. The van der Waals surface area contributed by atoms with Crippen LogP contribution in [0.25, 0.3) is 0 Å². The highest BCUT2D eigenvalue weighted by Gasteiger charge is 2.63. The molecule has 1 saturated carbocycles. The van der Waals surface area contributed by atoms with Gasteiger partial charge in [0.15, 0.2) is 17.3 Å². The minimum absolute atomic E-state index is 0.0914. The highest BCUT2D eigenvalue weighted by Crippen LogP contribution is 2.60. The predicted molar refractivity (Wildman–Crippen MR) is 86.0 cm³/mol. The van der Waals surface area contributed by atoms with Gasteiger partial charge >= 0.3 is 0 Å². The van der Waals surface area contributed by atoms with Crippen LogP contribution in [0.2, 0.25) is 0 Å². The van der Waals surface area contributed by atoms with Gasteiger partial charge in [-0.1, -0.05) is 0 Å². The van der Waals surface area contributed by atoms with Gasteiger partial charge in [0.05, 0.1) is 38.1 Å². The Morgan fingerprint density at radius 2 is 2.08 bits per heavy atom. The van der Waals surface area contributed by atoms with Crippen LogP contribution in [-0.2, 0) is 26.0 Å². The number of methoxy groups -OCH3 is 1. The van der Waals surface area contributed by atoms with Crippen molar-refractivity contribution in [3.8, 4) is 17.6 Å². The van der Waals surface area contributed by atoms with Crippen LogP contribution in [0, 0.1) is 17.2 Å². The predicted octanol–water partition coefficient (Wildman–Crippen LogP) is 2.15. The molecular formula is C19H19NO5. The first-order chi connectivity index (χ1) is 12.1. The number of rotatable bonds is 1. The first-order valence-corrected chi connectivity index (χ1v) is 8.59. The lowest BCUT2D eigenvalue weighted by Crippen LogP contribution is -2.54. The van der Waals surface area contributed by atoms with Crippen LogP contribution < -0.4 is 4.74 Å². The number of nitriles is 1. The standard InChI is InChI=1S/C19H19NO5/c1-22-15-8-12-11(6-14(15)21)7-16-17-13(9-23-16)19(24-4-5-25-19)3-2-18(12,17)10-20/h6,8-9,16-17,21H,2-5,7H2,1H3. The van der Waals surface area contributed by atoms with Crippen molar-refractivity contribution in [2.75, 3.05) is 20.3 Å². The van der Waals surface area contributed by atoms with E-state index in [4.69, 9.17) is 18.9 Å². The lowest BCUT2D eigenvalue weighted by molar-refractivity contribution is -0.154. The molecule has 3 unspecified atom stereocenters. The lowest BCUT2D eigenvalue weighted by Gasteiger charge is -2.49. The van der Waals surface area contributed by atoms with E-state index in [2.05, 4.69) is 6.07 Å². The zero-order valence-electron chi connectivity index (χ0n) is 13.9. The molecule has 0 amide bonds. The second-order valence-corrected chi connectivity index (χ2v) is 7.14. The maximum Gasteiger partial charge on any atom is 0.194 e. The summed E-state index contributed by atoms with van der Waals surface area (Å²) in [5.41, 5.74) is 2.10. The summed E-state index contributed by atoms with van der Waals surface area (Å²) in [4.78, 5) is 0. The molecule has 0 aromatic heterocycles. The maximum absolute atomic E-state index is 10.2. The Labute approximate surface area is 145 Å². The summed E-state index contributed by atoms with van der Waals surface area (Å²) in [5, 5.41) is 20.4. The van der Waals surface area contributed by atoms with Crippen molar-refractivity contribution >= 4 is 0 Å². The molecule has 1 aromatic carbocycles. The van der Waals surface area contributed by atoms with E-state index >= 15 is 0 Å². The Hall–Kier alpha value is -2.23. The monoisotopic (exact) mass is 341 g/mol. The van der Waals surface area contributed by atoms with Gasteiger partial charge in [-0.25, -0.2) is 0 Å². The van der Waals surface area contributed by atoms with Gasteiger partial charge in [-0.2, -0.15) is 5.26 Å². The number of ether oxygens (including phenoxy) is 4. The first-order valence-electron chi connectivity index (χ1n) is 8.59. The molecule has 1 saturated heterocycles. The molecule has 0 radical (unpaired) electrons. The highest BCUT2D eigenvalue weighted by molar-refractivity contribution is 5.56. The molecule has 3 atom stereocenters. The molecule has 25 heavy (non-hydrogen) atoms. The fraction of sp³-hybridized carbons (Fsp3) is 0.526. The zero-order chi connectivity index (χ0) is 17.2. The number of benzene rings is 1. The summed E-state index contributed by atoms with van der Waals surface area (Å²) < 4.78 is 23.2. The number of fused-ring (bicyclic) bond motifs is 3. The van der Waals surface area contributed by atoms with Crippen molar-refractivity contribution in [1.82, 2.24) is 0 Å². The van der Waals surface area contributed by atoms with Crippen LogP contribution >= 0.6 is 0 Å². The molecule has 2 fully saturated rings. The molecule has 5 rings (SSSR count). The molecule has 6 heteroatoms. The van der Waals surface area contributed by atoms with Crippen LogP contribution in [0.3, 0.4) is 0 Å². The van der Waals surface area contributed by atoms with Crippen LogP contribution in [0.15, 0.2) is 24.0 Å². The molecule has 2 heterocycles. The minimum atomic E-state index is -0.738. The molecule has 2 aliphatic carbocycles. The third-order valence-electron chi connectivity index (χ3n) is 6.16. The molecule has 2 aliphatic heterocycles. The molecular weight excluding hydrogens is 322 g/mol. The highest BCUT2D eigenvalue weighted by atomic mass is 16.7. The number of hydrogen-bond acceptors (Lipinski definition) is 6. The van der Waals surface area contributed by atoms with Crippen molar-refractivity contribution in [1.29, 1.82) is 5.26 Å². The van der Waals surface area contributed by atoms with E-state index in [1.165, 1.54) is 7.11 Å². The van der Waals surface area contributed by atoms with Crippen molar-refractivity contribution < 1.29 is 24.1 Å². The van der Waals surface area contributed by atoms with Gasteiger partial charge in [0.2, 0.25) is 0 Å². The van der Waals surface area contributed by atoms with E-state index < -0.39 is 11.2 Å². The number of aromatic hydroxyl groups is 1. The minimum Gasteiger partial charge on any atom is -0.504 e. The van der Waals surface area contributed by atoms with Crippen LogP contribution in [0.4, 0.5) is 0 Å². The molecule has 6 nitrogen and oxygen atoms in total. The second kappa shape index (κ2) is 4.90. The Morgan fingerprint density at radius 3 is 2.80 bits per heavy atom. The van der Waals surface area contributed by atoms with E-state index in [0.29, 0.717) is 38.2 Å². The van der Waals surface area contributed by atoms with Crippen molar-refractivity contribution in [3.05, 3.63) is 35.1 Å². The maximum atomic E-state index is 10.2. The normalized spacial score (nSPS) is 33.8. The molecule has 4 aliphatic rings. The van der Waals surface area contributed by atoms with E-state index in [0.717, 1.165) is 16.7 Å². The van der Waals surface area contributed by atoms with Gasteiger partial charge in [0, 0.05) is 24.3 Å². The molecule has 1 spiro atoms.